The van der Waals surface area contributed by atoms with Crippen LogP contribution in [0.2, 0.25) is 0 Å². The van der Waals surface area contributed by atoms with Gasteiger partial charge in [0.05, 0.1) is 12.1 Å². The van der Waals surface area contributed by atoms with Crippen molar-refractivity contribution in [3.8, 4) is 0 Å². The molecule has 16 heavy (non-hydrogen) atoms. The lowest BCUT2D eigenvalue weighted by Gasteiger charge is -2.19. The smallest absolute Gasteiger partial charge is 0.0813 e. The summed E-state index contributed by atoms with van der Waals surface area (Å²) in [7, 11) is 0. The Labute approximate surface area is 103 Å². The number of nitrogens with one attached hydrogen (secondary N) is 1. The Bertz CT molecular complexity index is 330. The van der Waals surface area contributed by atoms with Crippen molar-refractivity contribution in [2.45, 2.75) is 59.1 Å². The minimum absolute atomic E-state index is 0.135. The lowest BCUT2D eigenvalue weighted by atomic mass is 9.95. The van der Waals surface area contributed by atoms with Crippen LogP contribution in [0.15, 0.2) is 12.1 Å². The lowest BCUT2D eigenvalue weighted by Crippen LogP contribution is -2.28. The van der Waals surface area contributed by atoms with E-state index in [1.165, 1.54) is 9.75 Å². The zero-order valence-corrected chi connectivity index (χ0v) is 12.0. The maximum atomic E-state index is 5.48. The van der Waals surface area contributed by atoms with Crippen molar-refractivity contribution in [1.29, 1.82) is 0 Å². The van der Waals surface area contributed by atoms with Crippen LogP contribution < -0.4 is 5.48 Å². The summed E-state index contributed by atoms with van der Waals surface area (Å²) in [6.45, 7) is 13.6. The van der Waals surface area contributed by atoms with E-state index in [0.29, 0.717) is 0 Å². The maximum absolute atomic E-state index is 5.48. The molecule has 0 amide bonds. The molecule has 0 saturated heterocycles. The van der Waals surface area contributed by atoms with E-state index in [-0.39, 0.29) is 11.0 Å². The predicted octanol–water partition coefficient (Wildman–Crippen LogP) is 3.87. The van der Waals surface area contributed by atoms with Crippen molar-refractivity contribution in [1.82, 2.24) is 5.48 Å². The summed E-state index contributed by atoms with van der Waals surface area (Å²) in [6.07, 6.45) is 0. The van der Waals surface area contributed by atoms with Crippen molar-refractivity contribution in [2.24, 2.45) is 0 Å². The van der Waals surface area contributed by atoms with Crippen LogP contribution in [0.3, 0.4) is 0 Å². The molecule has 0 aromatic carbocycles. The van der Waals surface area contributed by atoms with Gasteiger partial charge >= 0.3 is 0 Å². The average Bonchev–Trinajstić information content (AvgIpc) is 2.49. The predicted molar refractivity (Wildman–Crippen MR) is 70.7 cm³/mol. The van der Waals surface area contributed by atoms with Crippen LogP contribution in [0.25, 0.3) is 0 Å². The largest absolute Gasteiger partial charge is 0.296 e. The van der Waals surface area contributed by atoms with Crippen molar-refractivity contribution in [2.75, 3.05) is 0 Å². The molecule has 0 spiro atoms. The molecule has 0 radical (unpaired) electrons. The first kappa shape index (κ1) is 13.7. The van der Waals surface area contributed by atoms with Gasteiger partial charge in [-0.1, -0.05) is 20.8 Å². The van der Waals surface area contributed by atoms with Gasteiger partial charge in [-0.2, -0.15) is 5.48 Å². The van der Waals surface area contributed by atoms with Crippen molar-refractivity contribution in [3.05, 3.63) is 21.9 Å². The SMILES string of the molecule is CC(C)(C)ONCc1ccc(C(C)(C)C)s1. The van der Waals surface area contributed by atoms with Gasteiger partial charge < -0.3 is 0 Å². The summed E-state index contributed by atoms with van der Waals surface area (Å²) >= 11 is 1.85. The number of hydrogen-bond donors (Lipinski definition) is 1. The van der Waals surface area contributed by atoms with Gasteiger partial charge in [0.1, 0.15) is 0 Å². The fourth-order valence-electron chi connectivity index (χ4n) is 1.20. The Hall–Kier alpha value is -0.380. The highest BCUT2D eigenvalue weighted by Crippen LogP contribution is 2.29. The standard InChI is InChI=1S/C13H23NOS/c1-12(2,3)11-8-7-10(16-11)9-14-15-13(4,5)6/h7-8,14H,9H2,1-6H3. The number of rotatable bonds is 3. The van der Waals surface area contributed by atoms with E-state index in [1.807, 2.05) is 32.1 Å². The molecule has 0 aliphatic carbocycles. The Balaban J connectivity index is 2.48. The first-order valence-corrected chi connectivity index (χ1v) is 6.50. The molecular formula is C13H23NOS. The van der Waals surface area contributed by atoms with Gasteiger partial charge in [-0.15, -0.1) is 11.3 Å². The highest BCUT2D eigenvalue weighted by atomic mass is 32.1. The van der Waals surface area contributed by atoms with Crippen LogP contribution in [0.1, 0.15) is 51.3 Å². The highest BCUT2D eigenvalue weighted by molar-refractivity contribution is 7.12. The average molecular weight is 241 g/mol. The van der Waals surface area contributed by atoms with Crippen molar-refractivity contribution >= 4 is 11.3 Å². The van der Waals surface area contributed by atoms with Crippen molar-refractivity contribution in [3.63, 3.8) is 0 Å². The molecule has 1 aromatic heterocycles. The normalized spacial score (nSPS) is 13.1. The molecule has 0 aliphatic heterocycles. The first-order chi connectivity index (χ1) is 7.18. The molecule has 1 heterocycles. The minimum Gasteiger partial charge on any atom is -0.296 e. The van der Waals surface area contributed by atoms with Gasteiger partial charge in [-0.3, -0.25) is 4.84 Å². The zero-order chi connectivity index (χ0) is 12.4. The van der Waals surface area contributed by atoms with Gasteiger partial charge in [0.15, 0.2) is 0 Å². The summed E-state index contributed by atoms with van der Waals surface area (Å²) < 4.78 is 0. The third kappa shape index (κ3) is 4.64. The van der Waals surface area contributed by atoms with E-state index in [2.05, 4.69) is 38.4 Å². The summed E-state index contributed by atoms with van der Waals surface area (Å²) in [5.41, 5.74) is 3.13. The molecule has 2 nitrogen and oxygen atoms in total. The molecule has 0 unspecified atom stereocenters. The molecule has 0 atom stereocenters. The van der Waals surface area contributed by atoms with Gasteiger partial charge in [0.2, 0.25) is 0 Å². The quantitative estimate of drug-likeness (QED) is 0.811. The van der Waals surface area contributed by atoms with E-state index >= 15 is 0 Å². The van der Waals surface area contributed by atoms with E-state index < -0.39 is 0 Å². The summed E-state index contributed by atoms with van der Waals surface area (Å²) in [5.74, 6) is 0. The second kappa shape index (κ2) is 4.86. The molecule has 0 bridgehead atoms. The highest BCUT2D eigenvalue weighted by Gasteiger charge is 2.16. The second-order valence-corrected chi connectivity index (χ2v) is 7.22. The van der Waals surface area contributed by atoms with Gasteiger partial charge in [0, 0.05) is 9.75 Å². The molecule has 0 fully saturated rings. The Morgan fingerprint density at radius 1 is 1.12 bits per heavy atom. The first-order valence-electron chi connectivity index (χ1n) is 5.68. The topological polar surface area (TPSA) is 21.3 Å². The monoisotopic (exact) mass is 241 g/mol. The van der Waals surface area contributed by atoms with Crippen LogP contribution in [0.5, 0.6) is 0 Å². The van der Waals surface area contributed by atoms with Gasteiger partial charge in [0.25, 0.3) is 0 Å². The summed E-state index contributed by atoms with van der Waals surface area (Å²) in [4.78, 5) is 8.22. The van der Waals surface area contributed by atoms with Crippen LogP contribution in [-0.4, -0.2) is 5.60 Å². The lowest BCUT2D eigenvalue weighted by molar-refractivity contribution is -0.0754. The van der Waals surface area contributed by atoms with Crippen LogP contribution >= 0.6 is 11.3 Å². The van der Waals surface area contributed by atoms with E-state index in [0.717, 1.165) is 6.54 Å². The molecule has 1 N–H and O–H groups in total. The van der Waals surface area contributed by atoms with Crippen LogP contribution in [0.4, 0.5) is 0 Å². The maximum Gasteiger partial charge on any atom is 0.0813 e. The Morgan fingerprint density at radius 2 is 1.75 bits per heavy atom. The second-order valence-electron chi connectivity index (χ2n) is 6.05. The molecule has 0 saturated carbocycles. The fraction of sp³-hybridized carbons (Fsp3) is 0.692. The van der Waals surface area contributed by atoms with E-state index in [9.17, 15) is 0 Å². The molecule has 1 aromatic rings. The van der Waals surface area contributed by atoms with Crippen LogP contribution in [-0.2, 0) is 16.8 Å². The molecule has 3 heteroatoms. The van der Waals surface area contributed by atoms with E-state index in [4.69, 9.17) is 4.84 Å². The molecule has 92 valence electrons. The van der Waals surface area contributed by atoms with E-state index in [1.54, 1.807) is 0 Å². The number of hydroxylamine groups is 1. The van der Waals surface area contributed by atoms with Gasteiger partial charge in [-0.25, -0.2) is 0 Å². The Kier molecular flexibility index (Phi) is 4.16. The number of thiophene rings is 1. The fourth-order valence-corrected chi connectivity index (χ4v) is 2.19. The zero-order valence-electron chi connectivity index (χ0n) is 11.2. The number of hydrogen-bond acceptors (Lipinski definition) is 3. The summed E-state index contributed by atoms with van der Waals surface area (Å²) in [5, 5.41) is 0. The molecule has 1 rings (SSSR count). The molecule has 0 aliphatic rings. The third-order valence-corrected chi connectivity index (χ3v) is 3.54. The minimum atomic E-state index is -0.135. The summed E-state index contributed by atoms with van der Waals surface area (Å²) in [6, 6.07) is 4.38. The van der Waals surface area contributed by atoms with Crippen molar-refractivity contribution < 1.29 is 4.84 Å². The van der Waals surface area contributed by atoms with Gasteiger partial charge in [-0.05, 0) is 38.3 Å². The molecular weight excluding hydrogens is 218 g/mol. The van der Waals surface area contributed by atoms with Crippen LogP contribution in [0, 0.1) is 0 Å². The third-order valence-electron chi connectivity index (χ3n) is 2.03. The Morgan fingerprint density at radius 3 is 2.19 bits per heavy atom.